The van der Waals surface area contributed by atoms with Crippen molar-refractivity contribution in [1.29, 1.82) is 0 Å². The molecule has 3 nitrogen and oxygen atoms in total. The van der Waals surface area contributed by atoms with Crippen LogP contribution < -0.4 is 0 Å². The van der Waals surface area contributed by atoms with Crippen LogP contribution in [0.15, 0.2) is 36.4 Å². The third-order valence-electron chi connectivity index (χ3n) is 1.71. The highest BCUT2D eigenvalue weighted by molar-refractivity contribution is 7.87. The molecule has 94 valence electrons. The molecule has 0 atom stereocenters. The number of alkyl halides is 3. The number of benzene rings is 1. The van der Waals surface area contributed by atoms with Crippen LogP contribution in [0.25, 0.3) is 6.08 Å². The molecule has 0 radical (unpaired) electrons. The van der Waals surface area contributed by atoms with Gasteiger partial charge in [-0.25, -0.2) is 0 Å². The Bertz CT molecular complexity index is 477. The van der Waals surface area contributed by atoms with E-state index in [0.29, 0.717) is 0 Å². The maximum absolute atomic E-state index is 11.8. The molecule has 0 amide bonds. The van der Waals surface area contributed by atoms with Gasteiger partial charge in [-0.15, -0.1) is 0 Å². The minimum atomic E-state index is -5.50. The van der Waals surface area contributed by atoms with Gasteiger partial charge < -0.3 is 0 Å². The third-order valence-corrected chi connectivity index (χ3v) is 2.73. The van der Waals surface area contributed by atoms with Crippen molar-refractivity contribution in [2.75, 3.05) is 6.61 Å². The van der Waals surface area contributed by atoms with E-state index < -0.39 is 22.2 Å². The number of hydrogen-bond donors (Lipinski definition) is 0. The maximum atomic E-state index is 11.8. The number of hydrogen-bond acceptors (Lipinski definition) is 3. The molecule has 1 aromatic rings. The molecule has 0 fully saturated rings. The van der Waals surface area contributed by atoms with Crippen LogP contribution in [0.4, 0.5) is 13.2 Å². The summed E-state index contributed by atoms with van der Waals surface area (Å²) in [6.45, 7) is -0.656. The molecule has 0 heterocycles. The quantitative estimate of drug-likeness (QED) is 0.621. The van der Waals surface area contributed by atoms with Crippen LogP contribution in [-0.4, -0.2) is 20.5 Å². The first-order valence-corrected chi connectivity index (χ1v) is 5.91. The van der Waals surface area contributed by atoms with Crippen LogP contribution in [0.2, 0.25) is 0 Å². The van der Waals surface area contributed by atoms with Gasteiger partial charge in [-0.2, -0.15) is 21.6 Å². The Balaban J connectivity index is 2.52. The third kappa shape index (κ3) is 4.20. The van der Waals surface area contributed by atoms with Crippen LogP contribution in [0.5, 0.6) is 0 Å². The van der Waals surface area contributed by atoms with Crippen molar-refractivity contribution >= 4 is 16.2 Å². The van der Waals surface area contributed by atoms with E-state index in [0.717, 1.165) is 5.56 Å². The van der Waals surface area contributed by atoms with Crippen molar-refractivity contribution in [3.05, 3.63) is 42.0 Å². The Labute approximate surface area is 96.6 Å². The average molecular weight is 266 g/mol. The molecule has 0 bridgehead atoms. The summed E-state index contributed by atoms with van der Waals surface area (Å²) in [6, 6.07) is 8.70. The fraction of sp³-hybridized carbons (Fsp3) is 0.200. The van der Waals surface area contributed by atoms with E-state index in [2.05, 4.69) is 4.18 Å². The van der Waals surface area contributed by atoms with Crippen LogP contribution in [-0.2, 0) is 14.3 Å². The maximum Gasteiger partial charge on any atom is 0.523 e. The van der Waals surface area contributed by atoms with E-state index in [-0.39, 0.29) is 0 Å². The summed E-state index contributed by atoms with van der Waals surface area (Å²) in [6.07, 6.45) is 2.66. The van der Waals surface area contributed by atoms with Crippen molar-refractivity contribution in [3.8, 4) is 0 Å². The van der Waals surface area contributed by atoms with E-state index in [1.165, 1.54) is 12.2 Å². The first-order chi connectivity index (χ1) is 7.83. The highest BCUT2D eigenvalue weighted by Crippen LogP contribution is 2.24. The van der Waals surface area contributed by atoms with E-state index in [1.807, 2.05) is 0 Å². The number of halogens is 3. The molecule has 0 unspecified atom stereocenters. The van der Waals surface area contributed by atoms with E-state index in [1.54, 1.807) is 30.3 Å². The molecule has 1 rings (SSSR count). The average Bonchev–Trinajstić information content (AvgIpc) is 2.24. The molecule has 0 aliphatic heterocycles. The predicted molar refractivity (Wildman–Crippen MR) is 56.4 cm³/mol. The Morgan fingerprint density at radius 3 is 2.29 bits per heavy atom. The lowest BCUT2D eigenvalue weighted by Crippen LogP contribution is -2.25. The Hall–Kier alpha value is -1.34. The molecule has 0 saturated carbocycles. The Morgan fingerprint density at radius 2 is 1.76 bits per heavy atom. The summed E-state index contributed by atoms with van der Waals surface area (Å²) in [5, 5.41) is 0. The van der Waals surface area contributed by atoms with Gasteiger partial charge in [-0.3, -0.25) is 4.18 Å². The van der Waals surface area contributed by atoms with Gasteiger partial charge in [-0.1, -0.05) is 42.5 Å². The molecule has 0 N–H and O–H groups in total. The fourth-order valence-corrected chi connectivity index (χ4v) is 1.34. The molecule has 0 spiro atoms. The van der Waals surface area contributed by atoms with Crippen LogP contribution in [0.1, 0.15) is 5.56 Å². The van der Waals surface area contributed by atoms with Crippen molar-refractivity contribution < 1.29 is 25.8 Å². The van der Waals surface area contributed by atoms with E-state index in [9.17, 15) is 21.6 Å². The van der Waals surface area contributed by atoms with Crippen molar-refractivity contribution in [2.45, 2.75) is 5.51 Å². The van der Waals surface area contributed by atoms with Gasteiger partial charge in [0.1, 0.15) is 0 Å². The SMILES string of the molecule is O=S(=O)(OC/C=C/c1ccccc1)C(F)(F)F. The van der Waals surface area contributed by atoms with Gasteiger partial charge in [0.05, 0.1) is 6.61 Å². The highest BCUT2D eigenvalue weighted by Gasteiger charge is 2.47. The Morgan fingerprint density at radius 1 is 1.18 bits per heavy atom. The van der Waals surface area contributed by atoms with Crippen LogP contribution >= 0.6 is 0 Å². The van der Waals surface area contributed by atoms with Gasteiger partial charge in [0.15, 0.2) is 0 Å². The van der Waals surface area contributed by atoms with Gasteiger partial charge in [0.2, 0.25) is 0 Å². The van der Waals surface area contributed by atoms with E-state index >= 15 is 0 Å². The van der Waals surface area contributed by atoms with Gasteiger partial charge in [-0.05, 0) is 5.56 Å². The van der Waals surface area contributed by atoms with Crippen molar-refractivity contribution in [3.63, 3.8) is 0 Å². The van der Waals surface area contributed by atoms with Crippen molar-refractivity contribution in [2.24, 2.45) is 0 Å². The molecule has 0 aromatic heterocycles. The van der Waals surface area contributed by atoms with Crippen LogP contribution in [0.3, 0.4) is 0 Å². The van der Waals surface area contributed by atoms with Gasteiger partial charge >= 0.3 is 15.6 Å². The molecular weight excluding hydrogens is 257 g/mol. The van der Waals surface area contributed by atoms with Crippen molar-refractivity contribution in [1.82, 2.24) is 0 Å². The second kappa shape index (κ2) is 5.33. The lowest BCUT2D eigenvalue weighted by molar-refractivity contribution is -0.0535. The van der Waals surface area contributed by atoms with Gasteiger partial charge in [0, 0.05) is 0 Å². The lowest BCUT2D eigenvalue weighted by Gasteiger charge is -2.05. The molecule has 0 aliphatic rings. The standard InChI is InChI=1S/C10H9F3O3S/c11-10(12,13)17(14,15)16-8-4-7-9-5-2-1-3-6-9/h1-7H,8H2/b7-4+. The molecule has 17 heavy (non-hydrogen) atoms. The smallest absolute Gasteiger partial charge is 0.259 e. The zero-order valence-electron chi connectivity index (χ0n) is 8.52. The zero-order valence-corrected chi connectivity index (χ0v) is 9.33. The summed E-state index contributed by atoms with van der Waals surface area (Å²) in [5.74, 6) is 0. The summed E-state index contributed by atoms with van der Waals surface area (Å²) in [4.78, 5) is 0. The summed E-state index contributed by atoms with van der Waals surface area (Å²) in [7, 11) is -5.50. The van der Waals surface area contributed by atoms with E-state index in [4.69, 9.17) is 0 Å². The fourth-order valence-electron chi connectivity index (χ4n) is 0.944. The first kappa shape index (κ1) is 13.7. The minimum Gasteiger partial charge on any atom is -0.259 e. The first-order valence-electron chi connectivity index (χ1n) is 4.50. The molecule has 0 aliphatic carbocycles. The molecular formula is C10H9F3O3S. The highest BCUT2D eigenvalue weighted by atomic mass is 32.2. The molecule has 7 heteroatoms. The second-order valence-corrected chi connectivity index (χ2v) is 4.60. The summed E-state index contributed by atoms with van der Waals surface area (Å²) >= 11 is 0. The largest absolute Gasteiger partial charge is 0.523 e. The summed E-state index contributed by atoms with van der Waals surface area (Å²) < 4.78 is 60.3. The topological polar surface area (TPSA) is 43.4 Å². The number of rotatable bonds is 4. The lowest BCUT2D eigenvalue weighted by atomic mass is 10.2. The zero-order chi connectivity index (χ0) is 12.9. The Kier molecular flexibility index (Phi) is 4.30. The molecule has 0 saturated heterocycles. The van der Waals surface area contributed by atoms with Crippen LogP contribution in [0, 0.1) is 0 Å². The van der Waals surface area contributed by atoms with Gasteiger partial charge in [0.25, 0.3) is 0 Å². The second-order valence-electron chi connectivity index (χ2n) is 3.00. The predicted octanol–water partition coefficient (Wildman–Crippen LogP) is 2.57. The monoisotopic (exact) mass is 266 g/mol. The summed E-state index contributed by atoms with van der Waals surface area (Å²) in [5.41, 5.74) is -4.64. The molecule has 1 aromatic carbocycles. The normalized spacial score (nSPS) is 13.1. The minimum absolute atomic E-state index is 0.656.